The van der Waals surface area contributed by atoms with Gasteiger partial charge >= 0.3 is 0 Å². The van der Waals surface area contributed by atoms with Gasteiger partial charge in [-0.05, 0) is 54.6 Å². The second kappa shape index (κ2) is 14.8. The van der Waals surface area contributed by atoms with Crippen LogP contribution in [0, 0.1) is 0 Å². The summed E-state index contributed by atoms with van der Waals surface area (Å²) in [6.07, 6.45) is 0.494. The third-order valence-corrected chi connectivity index (χ3v) is 7.66. The quantitative estimate of drug-likeness (QED) is 0.507. The van der Waals surface area contributed by atoms with Gasteiger partial charge in [-0.1, -0.05) is 23.2 Å². The van der Waals surface area contributed by atoms with Crippen LogP contribution in [0.1, 0.15) is 11.1 Å². The number of nitrogens with zero attached hydrogens (tertiary/aromatic N) is 3. The van der Waals surface area contributed by atoms with Gasteiger partial charge < -0.3 is 29.5 Å². The van der Waals surface area contributed by atoms with Crippen LogP contribution < -0.4 is 14.8 Å². The topological polar surface area (TPSA) is 74.3 Å². The van der Waals surface area contributed by atoms with Crippen LogP contribution in [-0.2, 0) is 22.4 Å². The summed E-state index contributed by atoms with van der Waals surface area (Å²) < 4.78 is 11.4. The molecule has 0 saturated carbocycles. The molecular formula is C28H34Cl4N4O4. The van der Waals surface area contributed by atoms with Crippen molar-refractivity contribution in [2.75, 3.05) is 64.7 Å². The first-order valence-corrected chi connectivity index (χ1v) is 15.1. The minimum Gasteiger partial charge on any atom is -0.480 e. The maximum atomic E-state index is 12.4. The normalized spacial score (nSPS) is 21.5. The Morgan fingerprint density at radius 2 is 1.20 bits per heavy atom. The third kappa shape index (κ3) is 8.08. The van der Waals surface area contributed by atoms with E-state index in [2.05, 4.69) is 17.3 Å². The molecule has 4 aliphatic heterocycles. The van der Waals surface area contributed by atoms with Crippen LogP contribution in [0.2, 0.25) is 10.0 Å². The Morgan fingerprint density at radius 1 is 0.775 bits per heavy atom. The van der Waals surface area contributed by atoms with Gasteiger partial charge in [-0.15, -0.1) is 23.2 Å². The first kappa shape index (κ1) is 31.0. The summed E-state index contributed by atoms with van der Waals surface area (Å²) in [6, 6.07) is 11.0. The van der Waals surface area contributed by atoms with Crippen LogP contribution in [0.4, 0.5) is 0 Å². The molecule has 2 aromatic rings. The predicted octanol–water partition coefficient (Wildman–Crippen LogP) is 3.91. The summed E-state index contributed by atoms with van der Waals surface area (Å²) in [7, 11) is 2.08. The molecule has 8 nitrogen and oxygen atoms in total. The van der Waals surface area contributed by atoms with Crippen molar-refractivity contribution in [2.45, 2.75) is 25.0 Å². The Bertz CT molecular complexity index is 1170. The molecule has 218 valence electrons. The number of fused-ring (bicyclic) bond motifs is 2. The SMILES string of the molecule is CN1CCN(C(=O)C2Cc3cc(Cl)ccc3O2)CC1.ClCCl.O=C(C1Cc2cc(Cl)ccc2O1)N1CCNCC1. The Hall–Kier alpha value is -1.94. The van der Waals surface area contributed by atoms with Crippen molar-refractivity contribution in [1.82, 2.24) is 20.0 Å². The van der Waals surface area contributed by atoms with E-state index in [9.17, 15) is 9.59 Å². The summed E-state index contributed by atoms with van der Waals surface area (Å²) in [5.41, 5.74) is 2.05. The number of benzene rings is 2. The number of piperazine rings is 2. The van der Waals surface area contributed by atoms with Crippen LogP contribution in [0.25, 0.3) is 0 Å². The van der Waals surface area contributed by atoms with Crippen LogP contribution in [-0.4, -0.2) is 103 Å². The van der Waals surface area contributed by atoms with E-state index in [1.165, 1.54) is 0 Å². The molecule has 6 rings (SSSR count). The Balaban J connectivity index is 0.000000169. The highest BCUT2D eigenvalue weighted by atomic mass is 35.5. The average Bonchev–Trinajstić information content (AvgIpc) is 3.58. The predicted molar refractivity (Wildman–Crippen MR) is 159 cm³/mol. The van der Waals surface area contributed by atoms with Gasteiger partial charge in [-0.2, -0.15) is 0 Å². The first-order chi connectivity index (χ1) is 19.3. The molecule has 2 unspecified atom stereocenters. The number of hydrogen-bond donors (Lipinski definition) is 1. The lowest BCUT2D eigenvalue weighted by molar-refractivity contribution is -0.139. The number of halogens is 4. The molecule has 40 heavy (non-hydrogen) atoms. The Labute approximate surface area is 255 Å². The number of likely N-dealkylation sites (N-methyl/N-ethyl adjacent to an activating group) is 1. The van der Waals surface area contributed by atoms with E-state index in [0.29, 0.717) is 22.9 Å². The first-order valence-electron chi connectivity index (χ1n) is 13.3. The monoisotopic (exact) mass is 630 g/mol. The van der Waals surface area contributed by atoms with Gasteiger partial charge in [0.1, 0.15) is 11.5 Å². The number of carbonyl (C=O) groups excluding carboxylic acids is 2. The summed E-state index contributed by atoms with van der Waals surface area (Å²) in [5.74, 6) is 1.76. The lowest BCUT2D eigenvalue weighted by Crippen LogP contribution is -2.51. The van der Waals surface area contributed by atoms with Gasteiger partial charge in [0.05, 0.1) is 5.34 Å². The van der Waals surface area contributed by atoms with Gasteiger partial charge in [0, 0.05) is 75.2 Å². The highest BCUT2D eigenvalue weighted by molar-refractivity contribution is 6.40. The number of carbonyl (C=O) groups is 2. The van der Waals surface area contributed by atoms with E-state index in [1.807, 2.05) is 34.1 Å². The summed E-state index contributed by atoms with van der Waals surface area (Å²) in [4.78, 5) is 30.7. The lowest BCUT2D eigenvalue weighted by Gasteiger charge is -2.33. The largest absolute Gasteiger partial charge is 0.480 e. The Morgan fingerprint density at radius 3 is 1.65 bits per heavy atom. The molecule has 0 bridgehead atoms. The average molecular weight is 632 g/mol. The van der Waals surface area contributed by atoms with Crippen molar-refractivity contribution < 1.29 is 19.1 Å². The minimum atomic E-state index is -0.378. The van der Waals surface area contributed by atoms with Gasteiger partial charge in [0.15, 0.2) is 12.2 Å². The van der Waals surface area contributed by atoms with Gasteiger partial charge in [0.2, 0.25) is 0 Å². The molecule has 2 fully saturated rings. The highest BCUT2D eigenvalue weighted by Gasteiger charge is 2.34. The molecule has 0 spiro atoms. The molecule has 1 N–H and O–H groups in total. The maximum absolute atomic E-state index is 12.4. The molecule has 4 aliphatic rings. The zero-order valence-electron chi connectivity index (χ0n) is 22.4. The highest BCUT2D eigenvalue weighted by Crippen LogP contribution is 2.33. The lowest BCUT2D eigenvalue weighted by atomic mass is 10.1. The van der Waals surface area contributed by atoms with Crippen molar-refractivity contribution >= 4 is 58.2 Å². The van der Waals surface area contributed by atoms with Crippen molar-refractivity contribution in [1.29, 1.82) is 0 Å². The van der Waals surface area contributed by atoms with Crippen LogP contribution in [0.3, 0.4) is 0 Å². The zero-order chi connectivity index (χ0) is 28.6. The van der Waals surface area contributed by atoms with Gasteiger partial charge in [0.25, 0.3) is 11.8 Å². The number of hydrogen-bond acceptors (Lipinski definition) is 6. The molecule has 12 heteroatoms. The molecule has 2 saturated heterocycles. The molecule has 0 aliphatic carbocycles. The van der Waals surface area contributed by atoms with Crippen molar-refractivity contribution in [2.24, 2.45) is 0 Å². The second-order valence-electron chi connectivity index (χ2n) is 9.93. The summed E-state index contributed by atoms with van der Waals surface area (Å²) in [6.45, 7) is 6.66. The number of nitrogens with one attached hydrogen (secondary N) is 1. The standard InChI is InChI=1S/C14H17ClN2O2.C13H15ClN2O2.CH2Cl2/c1-16-4-6-17(7-5-16)14(18)13-9-10-8-11(15)2-3-12(10)19-13;14-10-1-2-11-9(7-10)8-12(18-11)13(17)16-5-3-15-4-6-16;2-1-3/h2-3,8,13H,4-7,9H2,1H3;1-2,7,12,15H,3-6,8H2;1H2. The fourth-order valence-corrected chi connectivity index (χ4v) is 5.42. The van der Waals surface area contributed by atoms with Crippen molar-refractivity contribution in [3.63, 3.8) is 0 Å². The van der Waals surface area contributed by atoms with Crippen LogP contribution >= 0.6 is 46.4 Å². The molecule has 4 heterocycles. The van der Waals surface area contributed by atoms with Crippen molar-refractivity contribution in [3.8, 4) is 11.5 Å². The van der Waals surface area contributed by atoms with Crippen LogP contribution in [0.5, 0.6) is 11.5 Å². The van der Waals surface area contributed by atoms with Gasteiger partial charge in [-0.3, -0.25) is 9.59 Å². The van der Waals surface area contributed by atoms with Crippen molar-refractivity contribution in [3.05, 3.63) is 57.6 Å². The fourth-order valence-electron chi connectivity index (χ4n) is 5.03. The molecule has 0 aromatic heterocycles. The molecular weight excluding hydrogens is 598 g/mol. The third-order valence-electron chi connectivity index (χ3n) is 7.19. The fraction of sp³-hybridized carbons (Fsp3) is 0.500. The van der Waals surface area contributed by atoms with E-state index in [-0.39, 0.29) is 29.4 Å². The van der Waals surface area contributed by atoms with E-state index in [0.717, 1.165) is 75.0 Å². The number of alkyl halides is 2. The second-order valence-corrected chi connectivity index (χ2v) is 11.6. The minimum absolute atomic E-state index is 0.0869. The van der Waals surface area contributed by atoms with E-state index >= 15 is 0 Å². The van der Waals surface area contributed by atoms with E-state index in [4.69, 9.17) is 55.9 Å². The number of ether oxygens (including phenoxy) is 2. The molecule has 2 aromatic carbocycles. The number of rotatable bonds is 2. The zero-order valence-corrected chi connectivity index (χ0v) is 25.4. The van der Waals surface area contributed by atoms with Crippen LogP contribution in [0.15, 0.2) is 36.4 Å². The Kier molecular flexibility index (Phi) is 11.5. The smallest absolute Gasteiger partial charge is 0.264 e. The van der Waals surface area contributed by atoms with Gasteiger partial charge in [-0.25, -0.2) is 0 Å². The summed E-state index contributed by atoms with van der Waals surface area (Å²) in [5, 5.41) is 4.80. The van der Waals surface area contributed by atoms with E-state index in [1.54, 1.807) is 12.1 Å². The summed E-state index contributed by atoms with van der Waals surface area (Å²) >= 11 is 21.4. The molecule has 2 atom stereocenters. The van der Waals surface area contributed by atoms with E-state index < -0.39 is 0 Å². The number of amides is 2. The molecule has 0 radical (unpaired) electrons. The maximum Gasteiger partial charge on any atom is 0.264 e. The molecule has 2 amide bonds.